The summed E-state index contributed by atoms with van der Waals surface area (Å²) in [7, 11) is 0. The second kappa shape index (κ2) is 9.89. The number of carbonyl (C=O) groups excluding carboxylic acids is 3. The van der Waals surface area contributed by atoms with Gasteiger partial charge in [-0.1, -0.05) is 0 Å². The number of nitrogens with zero attached hydrogens (tertiary/aromatic N) is 1. The van der Waals surface area contributed by atoms with Crippen molar-refractivity contribution in [1.29, 1.82) is 0 Å². The van der Waals surface area contributed by atoms with Gasteiger partial charge in [0, 0.05) is 29.9 Å². The Kier molecular flexibility index (Phi) is 7.03. The number of aliphatic hydroxyl groups is 1. The molecule has 3 rings (SSSR count). The van der Waals surface area contributed by atoms with E-state index in [-0.39, 0.29) is 37.5 Å². The molecule has 0 aliphatic carbocycles. The molecule has 1 heterocycles. The Labute approximate surface area is 174 Å². The molecule has 158 valence electrons. The number of hydrogen-bond acceptors (Lipinski definition) is 5. The number of hydrogen-bond donors (Lipinski definition) is 3. The SMILES string of the molecule is Cc1cc(OCCO)ccc1NC(=O)CNC(=O)c1ccc(N2CCCC2=O)cc1. The summed E-state index contributed by atoms with van der Waals surface area (Å²) in [6.07, 6.45) is 1.39. The van der Waals surface area contributed by atoms with Crippen LogP contribution in [0.25, 0.3) is 0 Å². The Balaban J connectivity index is 1.50. The molecule has 8 nitrogen and oxygen atoms in total. The normalized spacial score (nSPS) is 13.3. The molecule has 1 saturated heterocycles. The van der Waals surface area contributed by atoms with Gasteiger partial charge in [-0.05, 0) is 61.4 Å². The fourth-order valence-corrected chi connectivity index (χ4v) is 3.20. The minimum atomic E-state index is -0.367. The maximum absolute atomic E-state index is 12.3. The first-order valence-electron chi connectivity index (χ1n) is 9.80. The van der Waals surface area contributed by atoms with E-state index in [4.69, 9.17) is 9.84 Å². The fourth-order valence-electron chi connectivity index (χ4n) is 3.20. The number of rotatable bonds is 8. The van der Waals surface area contributed by atoms with Crippen LogP contribution in [0.15, 0.2) is 42.5 Å². The highest BCUT2D eigenvalue weighted by molar-refractivity contribution is 6.00. The van der Waals surface area contributed by atoms with E-state index >= 15 is 0 Å². The van der Waals surface area contributed by atoms with Crippen molar-refractivity contribution in [2.75, 3.05) is 36.5 Å². The lowest BCUT2D eigenvalue weighted by molar-refractivity contribution is -0.117. The van der Waals surface area contributed by atoms with Crippen LogP contribution in [0.1, 0.15) is 28.8 Å². The van der Waals surface area contributed by atoms with Gasteiger partial charge in [-0.15, -0.1) is 0 Å². The van der Waals surface area contributed by atoms with Gasteiger partial charge in [0.05, 0.1) is 13.2 Å². The molecule has 2 aromatic carbocycles. The van der Waals surface area contributed by atoms with Gasteiger partial charge in [0.1, 0.15) is 12.4 Å². The number of aryl methyl sites for hydroxylation is 1. The molecule has 0 bridgehead atoms. The van der Waals surface area contributed by atoms with Gasteiger partial charge >= 0.3 is 0 Å². The van der Waals surface area contributed by atoms with Gasteiger partial charge in [-0.2, -0.15) is 0 Å². The molecule has 0 saturated carbocycles. The van der Waals surface area contributed by atoms with Gasteiger partial charge in [0.25, 0.3) is 5.91 Å². The molecule has 0 spiro atoms. The van der Waals surface area contributed by atoms with Crippen molar-refractivity contribution in [3.05, 3.63) is 53.6 Å². The van der Waals surface area contributed by atoms with Gasteiger partial charge in [-0.25, -0.2) is 0 Å². The lowest BCUT2D eigenvalue weighted by Crippen LogP contribution is -2.33. The largest absolute Gasteiger partial charge is 0.491 e. The lowest BCUT2D eigenvalue weighted by Gasteiger charge is -2.16. The number of amides is 3. The molecule has 1 aliphatic rings. The zero-order valence-corrected chi connectivity index (χ0v) is 16.8. The third kappa shape index (κ3) is 5.36. The van der Waals surface area contributed by atoms with E-state index in [9.17, 15) is 14.4 Å². The third-order valence-electron chi connectivity index (χ3n) is 4.76. The summed E-state index contributed by atoms with van der Waals surface area (Å²) < 4.78 is 5.33. The topological polar surface area (TPSA) is 108 Å². The molecule has 0 unspecified atom stereocenters. The Bertz CT molecular complexity index is 927. The summed E-state index contributed by atoms with van der Waals surface area (Å²) in [6.45, 7) is 2.47. The van der Waals surface area contributed by atoms with Crippen molar-refractivity contribution in [3.8, 4) is 5.75 Å². The standard InChI is InChI=1S/C22H25N3O5/c1-15-13-18(30-12-11-26)8-9-19(15)24-20(27)14-23-22(29)16-4-6-17(7-5-16)25-10-2-3-21(25)28/h4-9,13,26H,2-3,10-12,14H2,1H3,(H,23,29)(H,24,27). The van der Waals surface area contributed by atoms with Crippen LogP contribution in [0.4, 0.5) is 11.4 Å². The van der Waals surface area contributed by atoms with E-state index in [1.807, 2.05) is 6.92 Å². The predicted octanol–water partition coefficient (Wildman–Crippen LogP) is 1.86. The molecule has 3 amide bonds. The monoisotopic (exact) mass is 411 g/mol. The Morgan fingerprint density at radius 2 is 1.93 bits per heavy atom. The summed E-state index contributed by atoms with van der Waals surface area (Å²) >= 11 is 0. The van der Waals surface area contributed by atoms with Crippen LogP contribution < -0.4 is 20.3 Å². The molecular formula is C22H25N3O5. The number of ether oxygens (including phenoxy) is 1. The van der Waals surface area contributed by atoms with Crippen LogP contribution in [0.3, 0.4) is 0 Å². The van der Waals surface area contributed by atoms with E-state index < -0.39 is 0 Å². The lowest BCUT2D eigenvalue weighted by atomic mass is 10.2. The second-order valence-electron chi connectivity index (χ2n) is 6.98. The number of anilines is 2. The molecule has 8 heteroatoms. The van der Waals surface area contributed by atoms with Crippen LogP contribution in [0.2, 0.25) is 0 Å². The highest BCUT2D eigenvalue weighted by atomic mass is 16.5. The van der Waals surface area contributed by atoms with Crippen molar-refractivity contribution >= 4 is 29.1 Å². The van der Waals surface area contributed by atoms with Crippen LogP contribution in [-0.2, 0) is 9.59 Å². The highest BCUT2D eigenvalue weighted by Crippen LogP contribution is 2.22. The van der Waals surface area contributed by atoms with E-state index in [0.29, 0.717) is 30.0 Å². The van der Waals surface area contributed by atoms with E-state index in [1.54, 1.807) is 47.4 Å². The summed E-state index contributed by atoms with van der Waals surface area (Å²) in [6, 6.07) is 11.9. The molecule has 0 atom stereocenters. The molecule has 2 aromatic rings. The van der Waals surface area contributed by atoms with Crippen molar-refractivity contribution in [3.63, 3.8) is 0 Å². The van der Waals surface area contributed by atoms with Crippen molar-refractivity contribution < 1.29 is 24.2 Å². The maximum Gasteiger partial charge on any atom is 0.251 e. The quantitative estimate of drug-likeness (QED) is 0.615. The number of aliphatic hydroxyl groups excluding tert-OH is 1. The average Bonchev–Trinajstić information content (AvgIpc) is 3.18. The molecule has 30 heavy (non-hydrogen) atoms. The summed E-state index contributed by atoms with van der Waals surface area (Å²) in [5.41, 5.74) is 2.61. The van der Waals surface area contributed by atoms with Crippen molar-refractivity contribution in [2.45, 2.75) is 19.8 Å². The number of carbonyl (C=O) groups is 3. The van der Waals surface area contributed by atoms with Gasteiger partial charge in [0.2, 0.25) is 11.8 Å². The highest BCUT2D eigenvalue weighted by Gasteiger charge is 2.21. The number of nitrogens with one attached hydrogen (secondary N) is 2. The minimum Gasteiger partial charge on any atom is -0.491 e. The maximum atomic E-state index is 12.3. The predicted molar refractivity (Wildman–Crippen MR) is 113 cm³/mol. The van der Waals surface area contributed by atoms with Crippen LogP contribution in [0, 0.1) is 6.92 Å². The molecule has 1 fully saturated rings. The summed E-state index contributed by atoms with van der Waals surface area (Å²) in [5, 5.41) is 14.1. The van der Waals surface area contributed by atoms with E-state index in [0.717, 1.165) is 17.7 Å². The first-order chi connectivity index (χ1) is 14.5. The summed E-state index contributed by atoms with van der Waals surface area (Å²) in [4.78, 5) is 38.0. The molecule has 1 aliphatic heterocycles. The second-order valence-corrected chi connectivity index (χ2v) is 6.98. The smallest absolute Gasteiger partial charge is 0.251 e. The molecule has 0 aromatic heterocycles. The fraction of sp³-hybridized carbons (Fsp3) is 0.318. The molecule has 0 radical (unpaired) electrons. The Morgan fingerprint density at radius 1 is 1.17 bits per heavy atom. The first-order valence-corrected chi connectivity index (χ1v) is 9.80. The van der Waals surface area contributed by atoms with Gasteiger partial charge in [0.15, 0.2) is 0 Å². The molecular weight excluding hydrogens is 386 g/mol. The van der Waals surface area contributed by atoms with E-state index in [1.165, 1.54) is 0 Å². The van der Waals surface area contributed by atoms with Crippen LogP contribution in [-0.4, -0.2) is 49.1 Å². The van der Waals surface area contributed by atoms with Crippen molar-refractivity contribution in [2.24, 2.45) is 0 Å². The zero-order chi connectivity index (χ0) is 21.5. The van der Waals surface area contributed by atoms with Crippen LogP contribution >= 0.6 is 0 Å². The van der Waals surface area contributed by atoms with Gasteiger partial charge < -0.3 is 25.4 Å². The van der Waals surface area contributed by atoms with Crippen molar-refractivity contribution in [1.82, 2.24) is 5.32 Å². The average molecular weight is 411 g/mol. The minimum absolute atomic E-state index is 0.0731. The van der Waals surface area contributed by atoms with E-state index in [2.05, 4.69) is 10.6 Å². The van der Waals surface area contributed by atoms with Gasteiger partial charge in [-0.3, -0.25) is 14.4 Å². The molecule has 3 N–H and O–H groups in total. The summed E-state index contributed by atoms with van der Waals surface area (Å²) in [5.74, 6) is -0.0252. The Hall–Kier alpha value is -3.39. The zero-order valence-electron chi connectivity index (χ0n) is 16.8. The Morgan fingerprint density at radius 3 is 2.57 bits per heavy atom. The van der Waals surface area contributed by atoms with Crippen LogP contribution in [0.5, 0.6) is 5.75 Å². The first kappa shape index (κ1) is 21.3. The third-order valence-corrected chi connectivity index (χ3v) is 4.76. The number of benzene rings is 2.